The van der Waals surface area contributed by atoms with Crippen molar-refractivity contribution in [1.82, 2.24) is 14.5 Å². The molecule has 0 aliphatic rings. The van der Waals surface area contributed by atoms with Gasteiger partial charge in [0.05, 0.1) is 0 Å². The van der Waals surface area contributed by atoms with Gasteiger partial charge in [-0.3, -0.25) is 9.36 Å². The Morgan fingerprint density at radius 1 is 1.29 bits per heavy atom. The summed E-state index contributed by atoms with van der Waals surface area (Å²) in [6, 6.07) is 7.45. The molecule has 3 rings (SSSR count). The first-order valence-corrected chi connectivity index (χ1v) is 7.63. The highest BCUT2D eigenvalue weighted by atomic mass is 19.1. The Labute approximate surface area is 137 Å². The van der Waals surface area contributed by atoms with Gasteiger partial charge in [-0.1, -0.05) is 19.1 Å². The first-order chi connectivity index (χ1) is 11.6. The van der Waals surface area contributed by atoms with Crippen molar-refractivity contribution in [2.24, 2.45) is 7.05 Å². The van der Waals surface area contributed by atoms with E-state index in [1.165, 1.54) is 22.8 Å². The van der Waals surface area contributed by atoms with E-state index in [-0.39, 0.29) is 11.5 Å². The molecule has 0 aliphatic carbocycles. The van der Waals surface area contributed by atoms with E-state index < -0.39 is 11.4 Å². The average Bonchev–Trinajstić information content (AvgIpc) is 2.59. The Morgan fingerprint density at radius 2 is 2.08 bits per heavy atom. The number of pyridine rings is 1. The zero-order chi connectivity index (χ0) is 17.1. The summed E-state index contributed by atoms with van der Waals surface area (Å²) in [5, 5.41) is 3.71. The largest absolute Gasteiger partial charge is 0.448 e. The van der Waals surface area contributed by atoms with Gasteiger partial charge in [-0.2, -0.15) is 4.98 Å². The number of ether oxygens (including phenoxy) is 1. The molecule has 0 radical (unpaired) electrons. The highest BCUT2D eigenvalue weighted by Crippen LogP contribution is 2.23. The maximum absolute atomic E-state index is 13.7. The third-order valence-electron chi connectivity index (χ3n) is 3.51. The summed E-state index contributed by atoms with van der Waals surface area (Å²) in [5.41, 5.74) is 0.0837. The van der Waals surface area contributed by atoms with Crippen LogP contribution in [0.3, 0.4) is 0 Å². The number of aryl methyl sites for hydroxylation is 1. The van der Waals surface area contributed by atoms with Crippen molar-refractivity contribution in [1.29, 1.82) is 0 Å². The zero-order valence-electron chi connectivity index (χ0n) is 13.4. The minimum absolute atomic E-state index is 0.00361. The van der Waals surface area contributed by atoms with E-state index in [2.05, 4.69) is 15.3 Å². The Hall–Kier alpha value is -2.96. The minimum atomic E-state index is -0.532. The monoisotopic (exact) mass is 328 g/mol. The van der Waals surface area contributed by atoms with Crippen LogP contribution in [0.15, 0.2) is 41.3 Å². The number of anilines is 1. The predicted octanol–water partition coefficient (Wildman–Crippen LogP) is 3.08. The molecule has 2 heterocycles. The molecule has 6 nitrogen and oxygen atoms in total. The average molecular weight is 328 g/mol. The summed E-state index contributed by atoms with van der Waals surface area (Å²) in [6.07, 6.45) is 2.55. The first-order valence-electron chi connectivity index (χ1n) is 7.63. The third kappa shape index (κ3) is 3.05. The molecule has 0 amide bonds. The van der Waals surface area contributed by atoms with Gasteiger partial charge in [0.25, 0.3) is 5.56 Å². The molecular weight excluding hydrogens is 311 g/mol. The number of hydrogen-bond acceptors (Lipinski definition) is 5. The molecule has 3 aromatic rings. The molecule has 7 heteroatoms. The van der Waals surface area contributed by atoms with E-state index in [1.807, 2.05) is 6.92 Å². The lowest BCUT2D eigenvalue weighted by atomic mass is 10.3. The maximum Gasteiger partial charge on any atom is 0.294 e. The lowest BCUT2D eigenvalue weighted by molar-refractivity contribution is 0.434. The van der Waals surface area contributed by atoms with Crippen molar-refractivity contribution in [2.75, 3.05) is 11.9 Å². The summed E-state index contributed by atoms with van der Waals surface area (Å²) in [6.45, 7) is 2.78. The fourth-order valence-corrected chi connectivity index (χ4v) is 2.26. The van der Waals surface area contributed by atoms with Gasteiger partial charge in [0.2, 0.25) is 5.95 Å². The Morgan fingerprint density at radius 3 is 2.83 bits per heavy atom. The molecule has 0 spiro atoms. The number of aromatic nitrogens is 3. The van der Waals surface area contributed by atoms with Gasteiger partial charge in [0.15, 0.2) is 17.3 Å². The van der Waals surface area contributed by atoms with E-state index in [9.17, 15) is 9.18 Å². The van der Waals surface area contributed by atoms with Gasteiger partial charge in [0, 0.05) is 25.2 Å². The van der Waals surface area contributed by atoms with Gasteiger partial charge in [0.1, 0.15) is 5.65 Å². The van der Waals surface area contributed by atoms with Gasteiger partial charge in [-0.15, -0.1) is 0 Å². The molecular formula is C17H17FN4O2. The second-order valence-corrected chi connectivity index (χ2v) is 5.30. The van der Waals surface area contributed by atoms with Crippen LogP contribution in [0.5, 0.6) is 11.5 Å². The fraction of sp³-hybridized carbons (Fsp3) is 0.235. The molecule has 0 bridgehead atoms. The van der Waals surface area contributed by atoms with Crippen LogP contribution in [0.2, 0.25) is 0 Å². The topological polar surface area (TPSA) is 69.0 Å². The van der Waals surface area contributed by atoms with Crippen molar-refractivity contribution in [3.05, 3.63) is 52.7 Å². The first kappa shape index (κ1) is 15.9. The highest BCUT2D eigenvalue weighted by molar-refractivity contribution is 5.76. The van der Waals surface area contributed by atoms with Crippen LogP contribution in [0, 0.1) is 5.82 Å². The molecule has 1 aromatic carbocycles. The van der Waals surface area contributed by atoms with Gasteiger partial charge in [-0.25, -0.2) is 9.37 Å². The SMILES string of the molecule is CCCNc1ncc2cc(Oc3ccccc3F)c(=O)n(C)c2n1. The van der Waals surface area contributed by atoms with Crippen molar-refractivity contribution in [3.63, 3.8) is 0 Å². The molecule has 0 saturated heterocycles. The maximum atomic E-state index is 13.7. The van der Waals surface area contributed by atoms with Crippen LogP contribution in [0.25, 0.3) is 11.0 Å². The molecule has 2 aromatic heterocycles. The van der Waals surface area contributed by atoms with Crippen molar-refractivity contribution >= 4 is 17.0 Å². The second kappa shape index (κ2) is 6.66. The number of fused-ring (bicyclic) bond motifs is 1. The highest BCUT2D eigenvalue weighted by Gasteiger charge is 2.12. The van der Waals surface area contributed by atoms with Crippen LogP contribution < -0.4 is 15.6 Å². The smallest absolute Gasteiger partial charge is 0.294 e. The zero-order valence-corrected chi connectivity index (χ0v) is 13.4. The van der Waals surface area contributed by atoms with E-state index >= 15 is 0 Å². The fourth-order valence-electron chi connectivity index (χ4n) is 2.26. The van der Waals surface area contributed by atoms with Gasteiger partial charge in [-0.05, 0) is 24.6 Å². The van der Waals surface area contributed by atoms with E-state index in [0.29, 0.717) is 17.0 Å². The normalized spacial score (nSPS) is 10.8. The number of rotatable bonds is 5. The number of halogens is 1. The molecule has 24 heavy (non-hydrogen) atoms. The number of nitrogens with zero attached hydrogens (tertiary/aromatic N) is 3. The summed E-state index contributed by atoms with van der Waals surface area (Å²) in [7, 11) is 1.59. The third-order valence-corrected chi connectivity index (χ3v) is 3.51. The molecule has 0 fully saturated rings. The van der Waals surface area contributed by atoms with Crippen LogP contribution in [-0.2, 0) is 7.05 Å². The van der Waals surface area contributed by atoms with Crippen LogP contribution in [-0.4, -0.2) is 21.1 Å². The molecule has 0 aliphatic heterocycles. The molecule has 1 N–H and O–H groups in total. The van der Waals surface area contributed by atoms with Crippen molar-refractivity contribution < 1.29 is 9.13 Å². The number of benzene rings is 1. The Bertz CT molecular complexity index is 940. The molecule has 0 unspecified atom stereocenters. The Kier molecular flexibility index (Phi) is 4.41. The van der Waals surface area contributed by atoms with Crippen LogP contribution in [0.4, 0.5) is 10.3 Å². The summed E-state index contributed by atoms with van der Waals surface area (Å²) < 4.78 is 20.5. The molecule has 0 saturated carbocycles. The predicted molar refractivity (Wildman–Crippen MR) is 90.0 cm³/mol. The minimum Gasteiger partial charge on any atom is -0.448 e. The summed E-state index contributed by atoms with van der Waals surface area (Å²) in [4.78, 5) is 21.0. The molecule has 0 atom stereocenters. The van der Waals surface area contributed by atoms with Gasteiger partial charge < -0.3 is 10.1 Å². The van der Waals surface area contributed by atoms with Crippen LogP contribution in [0.1, 0.15) is 13.3 Å². The lowest BCUT2D eigenvalue weighted by Crippen LogP contribution is -2.20. The standard InChI is InChI=1S/C17H17FN4O2/c1-3-8-19-17-20-10-11-9-14(16(23)22(2)15(11)21-17)24-13-7-5-4-6-12(13)18/h4-7,9-10H,3,8H2,1-2H3,(H,19,20,21). The number of hydrogen-bond donors (Lipinski definition) is 1. The second-order valence-electron chi connectivity index (χ2n) is 5.30. The Balaban J connectivity index is 2.03. The van der Waals surface area contributed by atoms with Gasteiger partial charge >= 0.3 is 0 Å². The summed E-state index contributed by atoms with van der Waals surface area (Å²) >= 11 is 0. The van der Waals surface area contributed by atoms with Crippen molar-refractivity contribution in [2.45, 2.75) is 13.3 Å². The van der Waals surface area contributed by atoms with E-state index in [4.69, 9.17) is 4.74 Å². The molecule has 124 valence electrons. The number of nitrogens with one attached hydrogen (secondary N) is 1. The summed E-state index contributed by atoms with van der Waals surface area (Å²) in [5.74, 6) is -0.0544. The van der Waals surface area contributed by atoms with Crippen LogP contribution >= 0.6 is 0 Å². The number of para-hydroxylation sites is 1. The van der Waals surface area contributed by atoms with E-state index in [1.54, 1.807) is 25.4 Å². The van der Waals surface area contributed by atoms with E-state index in [0.717, 1.165) is 13.0 Å². The quantitative estimate of drug-likeness (QED) is 0.779. The van der Waals surface area contributed by atoms with Crippen molar-refractivity contribution in [3.8, 4) is 11.5 Å². The lowest BCUT2D eigenvalue weighted by Gasteiger charge is -2.11.